The smallest absolute Gasteiger partial charge is 0.140 e. The van der Waals surface area contributed by atoms with Gasteiger partial charge in [0.25, 0.3) is 0 Å². The minimum atomic E-state index is 0.591. The molecule has 0 atom stereocenters. The van der Waals surface area contributed by atoms with Gasteiger partial charge >= 0.3 is 0 Å². The summed E-state index contributed by atoms with van der Waals surface area (Å²) in [4.78, 5) is 0. The molecule has 0 aromatic carbocycles. The van der Waals surface area contributed by atoms with Crippen molar-refractivity contribution < 1.29 is 0 Å². The van der Waals surface area contributed by atoms with Crippen LogP contribution in [0.4, 0.5) is 5.82 Å². The molecular weight excluding hydrogens is 218 g/mol. The molecule has 5 heteroatoms. The third-order valence-electron chi connectivity index (χ3n) is 2.06. The van der Waals surface area contributed by atoms with Crippen LogP contribution < -0.4 is 5.73 Å². The lowest BCUT2D eigenvalue weighted by molar-refractivity contribution is 0.577. The largest absolute Gasteiger partial charge is 0.383 e. The van der Waals surface area contributed by atoms with Crippen LogP contribution in [0.5, 0.6) is 0 Å². The molecule has 1 aromatic rings. The third kappa shape index (κ3) is 2.82. The van der Waals surface area contributed by atoms with Crippen molar-refractivity contribution in [3.63, 3.8) is 0 Å². The second-order valence-electron chi connectivity index (χ2n) is 3.21. The average Bonchev–Trinajstić information content (AvgIpc) is 2.41. The normalized spacial score (nSPS) is 10.8. The van der Waals surface area contributed by atoms with Gasteiger partial charge in [-0.2, -0.15) is 16.9 Å². The number of anilines is 1. The Bertz CT molecular complexity index is 298. The highest BCUT2D eigenvalue weighted by atomic mass is 35.5. The van der Waals surface area contributed by atoms with Gasteiger partial charge < -0.3 is 5.73 Å². The summed E-state index contributed by atoms with van der Waals surface area (Å²) < 4.78 is 1.79. The summed E-state index contributed by atoms with van der Waals surface area (Å²) in [5, 5.41) is 4.85. The second-order valence-corrected chi connectivity index (χ2v) is 4.57. The van der Waals surface area contributed by atoms with Gasteiger partial charge in [0.05, 0.1) is 5.69 Å². The van der Waals surface area contributed by atoms with E-state index in [1.165, 1.54) is 12.2 Å². The van der Waals surface area contributed by atoms with Crippen LogP contribution in [0.3, 0.4) is 0 Å². The van der Waals surface area contributed by atoms with Crippen molar-refractivity contribution >= 4 is 29.2 Å². The fourth-order valence-electron chi connectivity index (χ4n) is 1.26. The Labute approximate surface area is 94.0 Å². The number of hydrogen-bond donors (Lipinski definition) is 1. The number of unbranched alkanes of at least 4 members (excludes halogenated alkanes) is 1. The van der Waals surface area contributed by atoms with Crippen LogP contribution >= 0.6 is 23.4 Å². The van der Waals surface area contributed by atoms with E-state index in [1.807, 2.05) is 18.7 Å². The van der Waals surface area contributed by atoms with E-state index in [0.717, 1.165) is 18.7 Å². The molecule has 0 bridgehead atoms. The maximum Gasteiger partial charge on any atom is 0.140 e. The van der Waals surface area contributed by atoms with Crippen LogP contribution in [0.25, 0.3) is 0 Å². The van der Waals surface area contributed by atoms with Gasteiger partial charge in [0.15, 0.2) is 0 Å². The summed E-state index contributed by atoms with van der Waals surface area (Å²) in [6.45, 7) is 2.73. The predicted molar refractivity (Wildman–Crippen MR) is 64.0 cm³/mol. The fourth-order valence-corrected chi connectivity index (χ4v) is 1.88. The average molecular weight is 234 g/mol. The maximum atomic E-state index is 5.93. The first-order valence-corrected chi connectivity index (χ1v) is 6.41. The summed E-state index contributed by atoms with van der Waals surface area (Å²) in [5.74, 6) is 1.78. The lowest BCUT2D eigenvalue weighted by Crippen LogP contribution is -2.05. The van der Waals surface area contributed by atoms with Gasteiger partial charge in [-0.15, -0.1) is 0 Å². The van der Waals surface area contributed by atoms with Crippen LogP contribution in [-0.2, 0) is 6.54 Å². The first kappa shape index (κ1) is 11.7. The van der Waals surface area contributed by atoms with Crippen molar-refractivity contribution in [3.05, 3.63) is 10.7 Å². The Morgan fingerprint density at radius 3 is 2.71 bits per heavy atom. The lowest BCUT2D eigenvalue weighted by atomic mass is 10.3. The molecule has 1 heterocycles. The van der Waals surface area contributed by atoms with Gasteiger partial charge in [-0.1, -0.05) is 11.6 Å². The molecule has 2 N–H and O–H groups in total. The number of halogens is 1. The monoisotopic (exact) mass is 233 g/mol. The molecule has 14 heavy (non-hydrogen) atoms. The second kappa shape index (κ2) is 5.51. The van der Waals surface area contributed by atoms with Gasteiger partial charge in [0.2, 0.25) is 0 Å². The van der Waals surface area contributed by atoms with Crippen LogP contribution in [0, 0.1) is 6.92 Å². The number of aryl methyl sites for hydroxylation is 2. The molecule has 80 valence electrons. The molecule has 0 fully saturated rings. The predicted octanol–water partition coefficient (Wildman–Crippen LogP) is 2.57. The van der Waals surface area contributed by atoms with Gasteiger partial charge in [-0.05, 0) is 31.8 Å². The zero-order valence-electron chi connectivity index (χ0n) is 8.59. The molecule has 0 saturated heterocycles. The number of hydrogen-bond acceptors (Lipinski definition) is 3. The van der Waals surface area contributed by atoms with Crippen molar-refractivity contribution in [3.8, 4) is 0 Å². The SMILES string of the molecule is CSCCCCn1nc(C)c(Cl)c1N. The maximum absolute atomic E-state index is 5.93. The van der Waals surface area contributed by atoms with Crippen molar-refractivity contribution in [2.75, 3.05) is 17.7 Å². The number of nitrogens with zero attached hydrogens (tertiary/aromatic N) is 2. The van der Waals surface area contributed by atoms with Crippen molar-refractivity contribution in [1.29, 1.82) is 0 Å². The quantitative estimate of drug-likeness (QED) is 0.795. The Morgan fingerprint density at radius 2 is 2.21 bits per heavy atom. The fraction of sp³-hybridized carbons (Fsp3) is 0.667. The summed E-state index contributed by atoms with van der Waals surface area (Å²) >= 11 is 7.79. The van der Waals surface area contributed by atoms with Gasteiger partial charge in [0.1, 0.15) is 10.8 Å². The van der Waals surface area contributed by atoms with Crippen molar-refractivity contribution in [2.45, 2.75) is 26.3 Å². The highest BCUT2D eigenvalue weighted by molar-refractivity contribution is 7.98. The van der Waals surface area contributed by atoms with E-state index in [2.05, 4.69) is 11.4 Å². The first-order chi connectivity index (χ1) is 6.66. The van der Waals surface area contributed by atoms with E-state index in [1.54, 1.807) is 4.68 Å². The molecule has 0 amide bonds. The number of nitrogens with two attached hydrogens (primary N) is 1. The molecule has 0 aliphatic rings. The van der Waals surface area contributed by atoms with Crippen LogP contribution in [0.1, 0.15) is 18.5 Å². The number of nitrogen functional groups attached to an aromatic ring is 1. The van der Waals surface area contributed by atoms with Crippen LogP contribution in [0.2, 0.25) is 5.02 Å². The van der Waals surface area contributed by atoms with E-state index >= 15 is 0 Å². The van der Waals surface area contributed by atoms with Crippen LogP contribution in [-0.4, -0.2) is 21.8 Å². The molecule has 0 spiro atoms. The number of aromatic nitrogens is 2. The third-order valence-corrected chi connectivity index (χ3v) is 3.22. The summed E-state index contributed by atoms with van der Waals surface area (Å²) in [5.41, 5.74) is 6.60. The van der Waals surface area contributed by atoms with E-state index in [0.29, 0.717) is 10.8 Å². The standard InChI is InChI=1S/C9H16ClN3S/c1-7-8(10)9(11)13(12-7)5-3-4-6-14-2/h3-6,11H2,1-2H3. The minimum absolute atomic E-state index is 0.591. The number of rotatable bonds is 5. The Balaban J connectivity index is 2.47. The zero-order chi connectivity index (χ0) is 10.6. The summed E-state index contributed by atoms with van der Waals surface area (Å²) in [7, 11) is 0. The molecule has 0 unspecified atom stereocenters. The molecule has 1 aromatic heterocycles. The summed E-state index contributed by atoms with van der Waals surface area (Å²) in [6.07, 6.45) is 4.41. The molecule has 0 radical (unpaired) electrons. The summed E-state index contributed by atoms with van der Waals surface area (Å²) in [6, 6.07) is 0. The number of thioether (sulfide) groups is 1. The highest BCUT2D eigenvalue weighted by Crippen LogP contribution is 2.22. The Kier molecular flexibility index (Phi) is 4.62. The van der Waals surface area contributed by atoms with E-state index < -0.39 is 0 Å². The zero-order valence-corrected chi connectivity index (χ0v) is 10.2. The van der Waals surface area contributed by atoms with Gasteiger partial charge in [0, 0.05) is 6.54 Å². The van der Waals surface area contributed by atoms with Crippen LogP contribution in [0.15, 0.2) is 0 Å². The van der Waals surface area contributed by atoms with Gasteiger partial charge in [-0.25, -0.2) is 4.68 Å². The first-order valence-electron chi connectivity index (χ1n) is 4.64. The Morgan fingerprint density at radius 1 is 1.50 bits per heavy atom. The molecule has 0 aliphatic carbocycles. The van der Waals surface area contributed by atoms with E-state index in [-0.39, 0.29) is 0 Å². The molecule has 0 aliphatic heterocycles. The highest BCUT2D eigenvalue weighted by Gasteiger charge is 2.08. The van der Waals surface area contributed by atoms with E-state index in [9.17, 15) is 0 Å². The topological polar surface area (TPSA) is 43.8 Å². The van der Waals surface area contributed by atoms with Gasteiger partial charge in [-0.3, -0.25) is 0 Å². The van der Waals surface area contributed by atoms with Crippen molar-refractivity contribution in [2.24, 2.45) is 0 Å². The lowest BCUT2D eigenvalue weighted by Gasteiger charge is -2.02. The molecule has 3 nitrogen and oxygen atoms in total. The minimum Gasteiger partial charge on any atom is -0.383 e. The Hall–Kier alpha value is -0.350. The van der Waals surface area contributed by atoms with Crippen molar-refractivity contribution in [1.82, 2.24) is 9.78 Å². The van der Waals surface area contributed by atoms with E-state index in [4.69, 9.17) is 17.3 Å². The molecular formula is C9H16ClN3S. The molecule has 0 saturated carbocycles. The molecule has 1 rings (SSSR count).